The summed E-state index contributed by atoms with van der Waals surface area (Å²) in [5.41, 5.74) is 9.35. The molecule has 0 aromatic heterocycles. The highest BCUT2D eigenvalue weighted by Crippen LogP contribution is 1.97. The molecule has 0 saturated heterocycles. The summed E-state index contributed by atoms with van der Waals surface area (Å²) in [7, 11) is 0. The average Bonchev–Trinajstić information content (AvgIpc) is 2.25. The second kappa shape index (κ2) is 5.80. The van der Waals surface area contributed by atoms with Crippen molar-refractivity contribution in [3.63, 3.8) is 0 Å². The summed E-state index contributed by atoms with van der Waals surface area (Å²) in [4.78, 5) is 10.6. The van der Waals surface area contributed by atoms with Gasteiger partial charge in [0.2, 0.25) is 0 Å². The van der Waals surface area contributed by atoms with Gasteiger partial charge in [-0.1, -0.05) is 30.3 Å². The first-order valence-corrected chi connectivity index (χ1v) is 4.81. The van der Waals surface area contributed by atoms with Crippen molar-refractivity contribution in [2.24, 2.45) is 10.8 Å². The van der Waals surface area contributed by atoms with Crippen molar-refractivity contribution in [1.29, 1.82) is 0 Å². The zero-order chi connectivity index (χ0) is 11.1. The van der Waals surface area contributed by atoms with Crippen LogP contribution in [-0.2, 0) is 11.2 Å². The molecule has 4 nitrogen and oxygen atoms in total. The molecule has 0 saturated carbocycles. The zero-order valence-electron chi connectivity index (χ0n) is 8.73. The number of carbonyl (C=O) groups is 1. The number of amides is 1. The van der Waals surface area contributed by atoms with Crippen LogP contribution in [0.5, 0.6) is 0 Å². The first-order valence-electron chi connectivity index (χ1n) is 4.81. The molecule has 3 N–H and O–H groups in total. The number of hydrogen-bond donors (Lipinski definition) is 2. The van der Waals surface area contributed by atoms with E-state index < -0.39 is 5.91 Å². The van der Waals surface area contributed by atoms with Gasteiger partial charge in [-0.05, 0) is 18.9 Å². The number of carbonyl (C=O) groups excluding carboxylic acids is 1. The monoisotopic (exact) mass is 205 g/mol. The second-order valence-electron chi connectivity index (χ2n) is 3.21. The number of nitrogens with two attached hydrogens (primary N) is 1. The van der Waals surface area contributed by atoms with Gasteiger partial charge >= 0.3 is 0 Å². The quantitative estimate of drug-likeness (QED) is 0.421. The van der Waals surface area contributed by atoms with Gasteiger partial charge in [-0.15, -0.1) is 0 Å². The topological polar surface area (TPSA) is 67.5 Å². The van der Waals surface area contributed by atoms with Gasteiger partial charge in [0.05, 0.1) is 0 Å². The molecule has 0 aliphatic rings. The number of nitrogens with one attached hydrogen (secondary N) is 1. The van der Waals surface area contributed by atoms with E-state index in [1.54, 1.807) is 6.92 Å². The van der Waals surface area contributed by atoms with Crippen molar-refractivity contribution in [3.8, 4) is 0 Å². The Morgan fingerprint density at radius 2 is 2.07 bits per heavy atom. The van der Waals surface area contributed by atoms with Gasteiger partial charge in [0.25, 0.3) is 5.91 Å². The molecule has 1 aromatic carbocycles. The number of hydrogen-bond acceptors (Lipinski definition) is 3. The third kappa shape index (κ3) is 4.26. The first kappa shape index (κ1) is 11.2. The van der Waals surface area contributed by atoms with Crippen LogP contribution in [0.15, 0.2) is 35.4 Å². The molecule has 0 atom stereocenters. The molecule has 0 spiro atoms. The Morgan fingerprint density at radius 3 is 2.67 bits per heavy atom. The number of hydrazone groups is 1. The Kier molecular flexibility index (Phi) is 4.34. The molecule has 0 fully saturated rings. The molecule has 80 valence electrons. The summed E-state index contributed by atoms with van der Waals surface area (Å²) in [6.45, 7) is 2.27. The van der Waals surface area contributed by atoms with E-state index in [-0.39, 0.29) is 0 Å². The maximum atomic E-state index is 10.6. The van der Waals surface area contributed by atoms with Gasteiger partial charge in [-0.2, -0.15) is 5.10 Å². The summed E-state index contributed by atoms with van der Waals surface area (Å²) >= 11 is 0. The van der Waals surface area contributed by atoms with Crippen LogP contribution in [0.1, 0.15) is 12.5 Å². The fourth-order valence-corrected chi connectivity index (χ4v) is 1.07. The molecule has 4 heteroatoms. The van der Waals surface area contributed by atoms with Crippen LogP contribution in [0.4, 0.5) is 0 Å². The third-order valence-corrected chi connectivity index (χ3v) is 1.97. The van der Waals surface area contributed by atoms with Crippen LogP contribution in [0.3, 0.4) is 0 Å². The largest absolute Gasteiger partial charge is 0.365 e. The Labute approximate surface area is 89.2 Å². The summed E-state index contributed by atoms with van der Waals surface area (Å²) in [5.74, 6) is -0.498. The van der Waals surface area contributed by atoms with E-state index >= 15 is 0 Å². The van der Waals surface area contributed by atoms with Crippen molar-refractivity contribution in [3.05, 3.63) is 35.9 Å². The van der Waals surface area contributed by atoms with Crippen LogP contribution >= 0.6 is 0 Å². The average molecular weight is 205 g/mol. The van der Waals surface area contributed by atoms with Crippen molar-refractivity contribution in [2.75, 3.05) is 6.54 Å². The van der Waals surface area contributed by atoms with Gasteiger partial charge in [-0.25, -0.2) is 0 Å². The lowest BCUT2D eigenvalue weighted by Gasteiger charge is -2.01. The Balaban J connectivity index is 2.29. The molecule has 1 rings (SSSR count). The Bertz CT molecular complexity index is 346. The minimum atomic E-state index is -0.498. The highest BCUT2D eigenvalue weighted by Gasteiger charge is 1.97. The smallest absolute Gasteiger partial charge is 0.264 e. The van der Waals surface area contributed by atoms with E-state index in [0.717, 1.165) is 6.42 Å². The van der Waals surface area contributed by atoms with E-state index in [2.05, 4.69) is 10.5 Å². The summed E-state index contributed by atoms with van der Waals surface area (Å²) < 4.78 is 0. The fourth-order valence-electron chi connectivity index (χ4n) is 1.07. The van der Waals surface area contributed by atoms with E-state index in [1.807, 2.05) is 30.3 Å². The van der Waals surface area contributed by atoms with Gasteiger partial charge in [-0.3, -0.25) is 4.79 Å². The molecule has 0 heterocycles. The SMILES string of the molecule is C/C(=N\NCCc1ccccc1)C(N)=O. The van der Waals surface area contributed by atoms with Crippen molar-refractivity contribution in [1.82, 2.24) is 5.43 Å². The maximum absolute atomic E-state index is 10.6. The van der Waals surface area contributed by atoms with Crippen molar-refractivity contribution in [2.45, 2.75) is 13.3 Å². The van der Waals surface area contributed by atoms with Crippen LogP contribution in [0.2, 0.25) is 0 Å². The molecule has 0 radical (unpaired) electrons. The van der Waals surface area contributed by atoms with Crippen LogP contribution in [-0.4, -0.2) is 18.2 Å². The number of rotatable bonds is 5. The van der Waals surface area contributed by atoms with E-state index in [9.17, 15) is 4.79 Å². The lowest BCUT2D eigenvalue weighted by molar-refractivity contribution is -0.112. The minimum Gasteiger partial charge on any atom is -0.365 e. The van der Waals surface area contributed by atoms with Crippen molar-refractivity contribution < 1.29 is 4.79 Å². The predicted molar refractivity (Wildman–Crippen MR) is 60.5 cm³/mol. The highest BCUT2D eigenvalue weighted by atomic mass is 16.1. The Morgan fingerprint density at radius 1 is 1.40 bits per heavy atom. The number of nitrogens with zero attached hydrogens (tertiary/aromatic N) is 1. The molecule has 0 aliphatic carbocycles. The normalized spacial score (nSPS) is 11.1. The fraction of sp³-hybridized carbons (Fsp3) is 0.273. The lowest BCUT2D eigenvalue weighted by atomic mass is 10.2. The van der Waals surface area contributed by atoms with Gasteiger partial charge in [0, 0.05) is 6.54 Å². The molecule has 0 aliphatic heterocycles. The summed E-state index contributed by atoms with van der Waals surface area (Å²) in [5, 5.41) is 3.83. The van der Waals surface area contributed by atoms with Gasteiger partial charge in [0.1, 0.15) is 5.71 Å². The standard InChI is InChI=1S/C11H15N3O/c1-9(11(12)15)14-13-8-7-10-5-3-2-4-6-10/h2-6,13H,7-8H2,1H3,(H2,12,15)/b14-9+. The van der Waals surface area contributed by atoms with E-state index in [1.165, 1.54) is 5.56 Å². The predicted octanol–water partition coefficient (Wildman–Crippen LogP) is 0.680. The summed E-state index contributed by atoms with van der Waals surface area (Å²) in [6.07, 6.45) is 0.871. The van der Waals surface area contributed by atoms with E-state index in [4.69, 9.17) is 5.73 Å². The summed E-state index contributed by atoms with van der Waals surface area (Å²) in [6, 6.07) is 10.1. The van der Waals surface area contributed by atoms with Crippen LogP contribution in [0, 0.1) is 0 Å². The molecule has 0 bridgehead atoms. The molecular formula is C11H15N3O. The Hall–Kier alpha value is -1.84. The number of benzene rings is 1. The molecule has 0 unspecified atom stereocenters. The molecule has 15 heavy (non-hydrogen) atoms. The molecule has 1 aromatic rings. The highest BCUT2D eigenvalue weighted by molar-refractivity contribution is 6.37. The van der Waals surface area contributed by atoms with Gasteiger partial charge in [0.15, 0.2) is 0 Å². The van der Waals surface area contributed by atoms with Crippen molar-refractivity contribution >= 4 is 11.6 Å². The zero-order valence-corrected chi connectivity index (χ0v) is 8.73. The minimum absolute atomic E-state index is 0.295. The lowest BCUT2D eigenvalue weighted by Crippen LogP contribution is -2.23. The van der Waals surface area contributed by atoms with Gasteiger partial charge < -0.3 is 11.2 Å². The van der Waals surface area contributed by atoms with Crippen LogP contribution in [0.25, 0.3) is 0 Å². The molecular weight excluding hydrogens is 190 g/mol. The van der Waals surface area contributed by atoms with Crippen LogP contribution < -0.4 is 11.2 Å². The second-order valence-corrected chi connectivity index (χ2v) is 3.21. The first-order chi connectivity index (χ1) is 7.20. The number of primary amides is 1. The third-order valence-electron chi connectivity index (χ3n) is 1.97. The maximum Gasteiger partial charge on any atom is 0.264 e. The molecule has 1 amide bonds. The van der Waals surface area contributed by atoms with E-state index in [0.29, 0.717) is 12.3 Å².